The first-order valence-corrected chi connectivity index (χ1v) is 8.53. The van der Waals surface area contributed by atoms with Crippen LogP contribution in [0.1, 0.15) is 19.8 Å². The number of amides is 1. The number of nitrogens with one attached hydrogen (secondary N) is 1. The van der Waals surface area contributed by atoms with E-state index in [1.807, 2.05) is 0 Å². The van der Waals surface area contributed by atoms with Gasteiger partial charge in [0.15, 0.2) is 0 Å². The van der Waals surface area contributed by atoms with Crippen molar-refractivity contribution < 1.29 is 9.53 Å². The second-order valence-corrected chi connectivity index (χ2v) is 6.92. The first kappa shape index (κ1) is 15.3. The summed E-state index contributed by atoms with van der Waals surface area (Å²) in [5, 5.41) is 3.34. The molecule has 0 aromatic carbocycles. The molecular weight excluding hydrogens is 266 g/mol. The predicted octanol–water partition coefficient (Wildman–Crippen LogP) is 0.413. The minimum atomic E-state index is 0.209. The van der Waals surface area contributed by atoms with Crippen molar-refractivity contribution in [3.8, 4) is 0 Å². The van der Waals surface area contributed by atoms with E-state index in [0.717, 1.165) is 71.2 Å². The molecule has 3 saturated heterocycles. The average molecular weight is 295 g/mol. The molecule has 3 aliphatic heterocycles. The minimum Gasteiger partial charge on any atom is -0.379 e. The molecule has 3 rings (SSSR count). The van der Waals surface area contributed by atoms with Crippen LogP contribution in [0.4, 0.5) is 0 Å². The summed E-state index contributed by atoms with van der Waals surface area (Å²) >= 11 is 0. The summed E-state index contributed by atoms with van der Waals surface area (Å²) in [6.07, 6.45) is 2.33. The topological polar surface area (TPSA) is 44.8 Å². The maximum Gasteiger partial charge on any atom is 0.227 e. The first-order chi connectivity index (χ1) is 10.2. The first-order valence-electron chi connectivity index (χ1n) is 8.53. The van der Waals surface area contributed by atoms with Gasteiger partial charge >= 0.3 is 0 Å². The average Bonchev–Trinajstić information content (AvgIpc) is 2.94. The zero-order chi connectivity index (χ0) is 14.7. The van der Waals surface area contributed by atoms with Crippen LogP contribution >= 0.6 is 0 Å². The number of morpholine rings is 1. The normalized spacial score (nSPS) is 32.5. The summed E-state index contributed by atoms with van der Waals surface area (Å²) in [7, 11) is 0. The van der Waals surface area contributed by atoms with E-state index in [0.29, 0.717) is 11.8 Å². The number of nitrogens with zero attached hydrogens (tertiary/aromatic N) is 2. The Balaban J connectivity index is 1.43. The van der Waals surface area contributed by atoms with Gasteiger partial charge in [-0.05, 0) is 31.2 Å². The molecule has 0 bridgehead atoms. The molecule has 3 heterocycles. The van der Waals surface area contributed by atoms with Crippen molar-refractivity contribution in [2.45, 2.75) is 19.8 Å². The molecule has 0 unspecified atom stereocenters. The van der Waals surface area contributed by atoms with E-state index in [9.17, 15) is 4.79 Å². The van der Waals surface area contributed by atoms with Crippen molar-refractivity contribution in [2.24, 2.45) is 17.8 Å². The van der Waals surface area contributed by atoms with Crippen LogP contribution in [-0.2, 0) is 9.53 Å². The Labute approximate surface area is 128 Å². The quantitative estimate of drug-likeness (QED) is 0.819. The van der Waals surface area contributed by atoms with Crippen LogP contribution in [0.3, 0.4) is 0 Å². The Kier molecular flexibility index (Phi) is 5.14. The monoisotopic (exact) mass is 295 g/mol. The van der Waals surface area contributed by atoms with Gasteiger partial charge in [-0.1, -0.05) is 6.92 Å². The van der Waals surface area contributed by atoms with Crippen molar-refractivity contribution in [3.63, 3.8) is 0 Å². The molecule has 0 aliphatic carbocycles. The number of likely N-dealkylation sites (tertiary alicyclic amines) is 1. The molecule has 0 aromatic heterocycles. The number of carbonyl (C=O) groups is 1. The lowest BCUT2D eigenvalue weighted by Gasteiger charge is -2.37. The van der Waals surface area contributed by atoms with Crippen LogP contribution < -0.4 is 5.32 Å². The van der Waals surface area contributed by atoms with E-state index in [2.05, 4.69) is 22.0 Å². The summed E-state index contributed by atoms with van der Waals surface area (Å²) in [4.78, 5) is 17.2. The minimum absolute atomic E-state index is 0.209. The van der Waals surface area contributed by atoms with E-state index < -0.39 is 0 Å². The highest BCUT2D eigenvalue weighted by Crippen LogP contribution is 2.24. The lowest BCUT2D eigenvalue weighted by atomic mass is 9.92. The van der Waals surface area contributed by atoms with Gasteiger partial charge in [-0.15, -0.1) is 0 Å². The van der Waals surface area contributed by atoms with E-state index in [-0.39, 0.29) is 5.92 Å². The van der Waals surface area contributed by atoms with E-state index in [4.69, 9.17) is 4.74 Å². The van der Waals surface area contributed by atoms with E-state index in [1.54, 1.807) is 0 Å². The predicted molar refractivity (Wildman–Crippen MR) is 82.1 cm³/mol. The largest absolute Gasteiger partial charge is 0.379 e. The molecule has 120 valence electrons. The van der Waals surface area contributed by atoms with Crippen molar-refractivity contribution in [1.29, 1.82) is 0 Å². The van der Waals surface area contributed by atoms with Gasteiger partial charge in [0.25, 0.3) is 0 Å². The number of rotatable bonds is 3. The van der Waals surface area contributed by atoms with Crippen LogP contribution in [0, 0.1) is 17.8 Å². The third kappa shape index (κ3) is 3.76. The van der Waals surface area contributed by atoms with E-state index in [1.165, 1.54) is 6.54 Å². The second-order valence-electron chi connectivity index (χ2n) is 6.92. The lowest BCUT2D eigenvalue weighted by Crippen LogP contribution is -2.46. The number of carbonyl (C=O) groups excluding carboxylic acids is 1. The van der Waals surface area contributed by atoms with Gasteiger partial charge < -0.3 is 15.0 Å². The highest BCUT2D eigenvalue weighted by Gasteiger charge is 2.34. The van der Waals surface area contributed by atoms with Gasteiger partial charge in [-0.2, -0.15) is 0 Å². The smallest absolute Gasteiger partial charge is 0.227 e. The molecular formula is C16H29N3O2. The molecule has 0 saturated carbocycles. The lowest BCUT2D eigenvalue weighted by molar-refractivity contribution is -0.137. The summed E-state index contributed by atoms with van der Waals surface area (Å²) in [6.45, 7) is 11.1. The Morgan fingerprint density at radius 2 is 1.86 bits per heavy atom. The Bertz CT molecular complexity index is 349. The molecule has 3 aliphatic rings. The van der Waals surface area contributed by atoms with Crippen molar-refractivity contribution in [3.05, 3.63) is 0 Å². The van der Waals surface area contributed by atoms with E-state index >= 15 is 0 Å². The highest BCUT2D eigenvalue weighted by atomic mass is 16.5. The Morgan fingerprint density at radius 1 is 1.14 bits per heavy atom. The van der Waals surface area contributed by atoms with Crippen LogP contribution in [0.15, 0.2) is 0 Å². The van der Waals surface area contributed by atoms with Crippen molar-refractivity contribution in [2.75, 3.05) is 59.0 Å². The molecule has 5 nitrogen and oxygen atoms in total. The Hall–Kier alpha value is -0.650. The van der Waals surface area contributed by atoms with Crippen LogP contribution in [0.25, 0.3) is 0 Å². The van der Waals surface area contributed by atoms with Gasteiger partial charge in [0.1, 0.15) is 0 Å². The highest BCUT2D eigenvalue weighted by molar-refractivity contribution is 5.79. The number of hydrogen-bond donors (Lipinski definition) is 1. The van der Waals surface area contributed by atoms with Gasteiger partial charge in [0, 0.05) is 39.3 Å². The Morgan fingerprint density at radius 3 is 2.48 bits per heavy atom. The van der Waals surface area contributed by atoms with Gasteiger partial charge in [0.05, 0.1) is 19.1 Å². The van der Waals surface area contributed by atoms with Gasteiger partial charge in [-0.25, -0.2) is 0 Å². The number of ether oxygens (including phenoxy) is 1. The molecule has 0 aromatic rings. The summed E-state index contributed by atoms with van der Waals surface area (Å²) < 4.78 is 5.40. The fourth-order valence-electron chi connectivity index (χ4n) is 3.86. The van der Waals surface area contributed by atoms with Gasteiger partial charge in [-0.3, -0.25) is 9.69 Å². The molecule has 21 heavy (non-hydrogen) atoms. The third-order valence-corrected chi connectivity index (χ3v) is 5.38. The number of hydrogen-bond acceptors (Lipinski definition) is 4. The SMILES string of the molecule is C[C@@H]1CNC[C@H]1C(=O)N1CCC(CN2CCOCC2)CC1. The van der Waals surface area contributed by atoms with Crippen LogP contribution in [0.2, 0.25) is 0 Å². The molecule has 0 radical (unpaired) electrons. The summed E-state index contributed by atoms with van der Waals surface area (Å²) in [6, 6.07) is 0. The maximum atomic E-state index is 12.6. The summed E-state index contributed by atoms with van der Waals surface area (Å²) in [5.41, 5.74) is 0. The zero-order valence-electron chi connectivity index (χ0n) is 13.2. The molecule has 5 heteroatoms. The number of piperidine rings is 1. The van der Waals surface area contributed by atoms with Gasteiger partial charge in [0.2, 0.25) is 5.91 Å². The van der Waals surface area contributed by atoms with Crippen LogP contribution in [0.5, 0.6) is 0 Å². The molecule has 3 fully saturated rings. The van der Waals surface area contributed by atoms with Crippen LogP contribution in [-0.4, -0.2) is 74.7 Å². The summed E-state index contributed by atoms with van der Waals surface area (Å²) in [5.74, 6) is 1.84. The maximum absolute atomic E-state index is 12.6. The standard InChI is InChI=1S/C16H29N3O2/c1-13-10-17-11-15(13)16(20)19-4-2-14(3-5-19)12-18-6-8-21-9-7-18/h13-15,17H,2-12H2,1H3/t13-,15-/m1/s1. The fourth-order valence-corrected chi connectivity index (χ4v) is 3.86. The van der Waals surface area contributed by atoms with Crippen molar-refractivity contribution >= 4 is 5.91 Å². The molecule has 1 N–H and O–H groups in total. The van der Waals surface area contributed by atoms with Crippen molar-refractivity contribution in [1.82, 2.24) is 15.1 Å². The molecule has 0 spiro atoms. The molecule has 2 atom stereocenters. The second kappa shape index (κ2) is 7.07. The fraction of sp³-hybridized carbons (Fsp3) is 0.938. The zero-order valence-corrected chi connectivity index (χ0v) is 13.2. The third-order valence-electron chi connectivity index (χ3n) is 5.38. The molecule has 1 amide bonds.